The van der Waals surface area contributed by atoms with Crippen LogP contribution in [0.4, 0.5) is 16.2 Å². The third-order valence-electron chi connectivity index (χ3n) is 3.84. The Hall–Kier alpha value is -3.40. The Labute approximate surface area is 157 Å². The molecule has 3 rings (SSSR count). The van der Waals surface area contributed by atoms with Crippen LogP contribution in [0.2, 0.25) is 0 Å². The smallest absolute Gasteiger partial charge is 0.291 e. The van der Waals surface area contributed by atoms with E-state index >= 15 is 0 Å². The molecule has 0 aliphatic carbocycles. The molecule has 0 saturated carbocycles. The molecule has 9 nitrogen and oxygen atoms in total. The SMILES string of the molecule is O=C([O-])c1ccc(N[C@H]2SC(=O)N(Cc3ccc([N+](=O)[O-])cc3)C2=O)cc1. The minimum atomic E-state index is -1.31. The van der Waals surface area contributed by atoms with E-state index in [4.69, 9.17) is 0 Å². The van der Waals surface area contributed by atoms with E-state index in [-0.39, 0.29) is 17.8 Å². The molecule has 1 aliphatic rings. The van der Waals surface area contributed by atoms with E-state index in [9.17, 15) is 29.6 Å². The lowest BCUT2D eigenvalue weighted by Crippen LogP contribution is -2.33. The first kappa shape index (κ1) is 18.4. The number of nitro benzene ring substituents is 1. The van der Waals surface area contributed by atoms with Crippen LogP contribution in [0.5, 0.6) is 0 Å². The predicted octanol–water partition coefficient (Wildman–Crippen LogP) is 1.59. The Balaban J connectivity index is 1.67. The number of rotatable bonds is 6. The predicted molar refractivity (Wildman–Crippen MR) is 94.8 cm³/mol. The summed E-state index contributed by atoms with van der Waals surface area (Å²) < 4.78 is 0. The number of nitrogens with one attached hydrogen (secondary N) is 1. The fraction of sp³-hybridized carbons (Fsp3) is 0.118. The van der Waals surface area contributed by atoms with Crippen molar-refractivity contribution >= 4 is 40.3 Å². The van der Waals surface area contributed by atoms with Crippen LogP contribution in [0.1, 0.15) is 15.9 Å². The van der Waals surface area contributed by atoms with Gasteiger partial charge in [0, 0.05) is 17.8 Å². The van der Waals surface area contributed by atoms with E-state index in [0.717, 1.165) is 16.7 Å². The van der Waals surface area contributed by atoms with Crippen LogP contribution in [0.25, 0.3) is 0 Å². The molecule has 1 fully saturated rings. The molecule has 1 aliphatic heterocycles. The standard InChI is InChI=1S/C17H13N3O6S/c21-15-14(18-12-5-3-11(4-6-12)16(22)23)27-17(24)19(15)9-10-1-7-13(8-2-10)20(25)26/h1-8,14,18H,9H2,(H,22,23)/p-1/t14-/m0/s1. The van der Waals surface area contributed by atoms with Crippen LogP contribution in [0.15, 0.2) is 48.5 Å². The molecule has 2 aromatic carbocycles. The van der Waals surface area contributed by atoms with Crippen molar-refractivity contribution < 1.29 is 24.4 Å². The van der Waals surface area contributed by atoms with Gasteiger partial charge in [0.1, 0.15) is 0 Å². The summed E-state index contributed by atoms with van der Waals surface area (Å²) in [5.41, 5.74) is 0.992. The Morgan fingerprint density at radius 3 is 2.30 bits per heavy atom. The van der Waals surface area contributed by atoms with E-state index in [1.54, 1.807) is 0 Å². The molecule has 2 aromatic rings. The second-order valence-corrected chi connectivity index (χ2v) is 6.68. The molecule has 27 heavy (non-hydrogen) atoms. The zero-order chi connectivity index (χ0) is 19.6. The Morgan fingerprint density at radius 2 is 1.74 bits per heavy atom. The minimum Gasteiger partial charge on any atom is -0.545 e. The fourth-order valence-corrected chi connectivity index (χ4v) is 3.35. The number of carbonyl (C=O) groups excluding carboxylic acids is 3. The molecule has 1 N–H and O–H groups in total. The van der Waals surface area contributed by atoms with Crippen LogP contribution in [-0.2, 0) is 11.3 Å². The fourth-order valence-electron chi connectivity index (χ4n) is 2.44. The minimum absolute atomic E-state index is 0.00169. The van der Waals surface area contributed by atoms with Crippen molar-refractivity contribution in [2.75, 3.05) is 5.32 Å². The third-order valence-corrected chi connectivity index (χ3v) is 4.81. The number of anilines is 1. The van der Waals surface area contributed by atoms with E-state index < -0.39 is 27.4 Å². The van der Waals surface area contributed by atoms with Gasteiger partial charge in [0.2, 0.25) is 0 Å². The normalized spacial score (nSPS) is 16.4. The number of imide groups is 1. The first-order chi connectivity index (χ1) is 12.8. The van der Waals surface area contributed by atoms with Crippen molar-refractivity contribution in [1.29, 1.82) is 0 Å². The molecule has 0 spiro atoms. The molecule has 0 unspecified atom stereocenters. The Morgan fingerprint density at radius 1 is 1.11 bits per heavy atom. The molecule has 0 bridgehead atoms. The average Bonchev–Trinajstić information content (AvgIpc) is 2.90. The zero-order valence-electron chi connectivity index (χ0n) is 13.7. The lowest BCUT2D eigenvalue weighted by atomic mass is 10.2. The van der Waals surface area contributed by atoms with Gasteiger partial charge >= 0.3 is 0 Å². The number of amides is 2. The van der Waals surface area contributed by atoms with Crippen LogP contribution in [-0.4, -0.2) is 32.3 Å². The molecular formula is C17H12N3O6S-. The largest absolute Gasteiger partial charge is 0.545 e. The summed E-state index contributed by atoms with van der Waals surface area (Å²) in [5, 5.41) is 23.0. The van der Waals surface area contributed by atoms with Gasteiger partial charge in [-0.05, 0) is 35.0 Å². The van der Waals surface area contributed by atoms with Crippen molar-refractivity contribution in [3.05, 3.63) is 69.8 Å². The number of carboxylic acids is 1. The van der Waals surface area contributed by atoms with Crippen LogP contribution in [0, 0.1) is 10.1 Å². The van der Waals surface area contributed by atoms with E-state index in [2.05, 4.69) is 5.32 Å². The summed E-state index contributed by atoms with van der Waals surface area (Å²) in [4.78, 5) is 46.6. The van der Waals surface area contributed by atoms with Gasteiger partial charge in [-0.3, -0.25) is 24.6 Å². The van der Waals surface area contributed by atoms with Gasteiger partial charge in [-0.2, -0.15) is 0 Å². The first-order valence-corrected chi connectivity index (χ1v) is 8.56. The first-order valence-electron chi connectivity index (χ1n) is 7.68. The van der Waals surface area contributed by atoms with E-state index in [0.29, 0.717) is 11.3 Å². The van der Waals surface area contributed by atoms with Crippen LogP contribution < -0.4 is 10.4 Å². The summed E-state index contributed by atoms with van der Waals surface area (Å²) in [6.07, 6.45) is 0. The number of hydrogen-bond acceptors (Lipinski definition) is 8. The van der Waals surface area contributed by atoms with Gasteiger partial charge in [-0.15, -0.1) is 0 Å². The van der Waals surface area contributed by atoms with Crippen molar-refractivity contribution in [2.24, 2.45) is 0 Å². The second kappa shape index (κ2) is 7.46. The number of benzene rings is 2. The van der Waals surface area contributed by atoms with E-state index in [1.807, 2.05) is 0 Å². The monoisotopic (exact) mass is 386 g/mol. The highest BCUT2D eigenvalue weighted by Gasteiger charge is 2.39. The Kier molecular flexibility index (Phi) is 5.08. The van der Waals surface area contributed by atoms with Crippen LogP contribution in [0.3, 0.4) is 0 Å². The van der Waals surface area contributed by atoms with Crippen molar-refractivity contribution in [3.63, 3.8) is 0 Å². The molecular weight excluding hydrogens is 374 g/mol. The van der Waals surface area contributed by atoms with Crippen molar-refractivity contribution in [3.8, 4) is 0 Å². The highest BCUT2D eigenvalue weighted by molar-refractivity contribution is 8.15. The van der Waals surface area contributed by atoms with Crippen LogP contribution >= 0.6 is 11.8 Å². The number of nitro groups is 1. The van der Waals surface area contributed by atoms with Gasteiger partial charge in [0.25, 0.3) is 16.8 Å². The lowest BCUT2D eigenvalue weighted by Gasteiger charge is -2.15. The van der Waals surface area contributed by atoms with Crippen molar-refractivity contribution in [1.82, 2.24) is 4.90 Å². The summed E-state index contributed by atoms with van der Waals surface area (Å²) in [6.45, 7) is 0.00443. The molecule has 1 saturated heterocycles. The topological polar surface area (TPSA) is 133 Å². The number of thioether (sulfide) groups is 1. The quantitative estimate of drug-likeness (QED) is 0.584. The zero-order valence-corrected chi connectivity index (χ0v) is 14.5. The number of carboxylic acid groups (broad SMARTS) is 1. The maximum absolute atomic E-state index is 12.5. The van der Waals surface area contributed by atoms with Gasteiger partial charge < -0.3 is 15.2 Å². The molecule has 2 amide bonds. The summed E-state index contributed by atoms with van der Waals surface area (Å²) in [5.74, 6) is -1.76. The summed E-state index contributed by atoms with van der Waals surface area (Å²) >= 11 is 0.804. The van der Waals surface area contributed by atoms with E-state index in [1.165, 1.54) is 48.5 Å². The lowest BCUT2D eigenvalue weighted by molar-refractivity contribution is -0.384. The maximum atomic E-state index is 12.5. The molecule has 10 heteroatoms. The second-order valence-electron chi connectivity index (χ2n) is 5.62. The maximum Gasteiger partial charge on any atom is 0.291 e. The van der Waals surface area contributed by atoms with Crippen molar-refractivity contribution in [2.45, 2.75) is 11.9 Å². The summed E-state index contributed by atoms with van der Waals surface area (Å²) in [7, 11) is 0. The average molecular weight is 386 g/mol. The molecule has 0 radical (unpaired) electrons. The molecule has 138 valence electrons. The summed E-state index contributed by atoms with van der Waals surface area (Å²) in [6, 6.07) is 11.2. The number of nitrogens with zero attached hydrogens (tertiary/aromatic N) is 2. The highest BCUT2D eigenvalue weighted by Crippen LogP contribution is 2.30. The van der Waals surface area contributed by atoms with Gasteiger partial charge in [0.15, 0.2) is 5.37 Å². The molecule has 1 heterocycles. The number of non-ortho nitro benzene ring substituents is 1. The van der Waals surface area contributed by atoms with Gasteiger partial charge in [-0.1, -0.05) is 24.3 Å². The number of aromatic carboxylic acids is 1. The third kappa shape index (κ3) is 4.06. The number of hydrogen-bond donors (Lipinski definition) is 1. The highest BCUT2D eigenvalue weighted by atomic mass is 32.2. The number of carbonyl (C=O) groups is 3. The Bertz CT molecular complexity index is 913. The molecule has 0 aromatic heterocycles. The van der Waals surface area contributed by atoms with Gasteiger partial charge in [-0.25, -0.2) is 0 Å². The van der Waals surface area contributed by atoms with Gasteiger partial charge in [0.05, 0.1) is 17.4 Å². The molecule has 1 atom stereocenters.